The molecule has 1 aromatic rings. The van der Waals surface area contributed by atoms with Gasteiger partial charge >= 0.3 is 0 Å². The summed E-state index contributed by atoms with van der Waals surface area (Å²) in [6.07, 6.45) is 6.16. The van der Waals surface area contributed by atoms with E-state index in [1.54, 1.807) is 10.7 Å². The smallest absolute Gasteiger partial charge is 0.266 e. The first kappa shape index (κ1) is 10.1. The SMILES string of the molecule is O=c1cc(C2CCC2)[nH]n1C[C@H]1CCCO1. The van der Waals surface area contributed by atoms with E-state index >= 15 is 0 Å². The molecule has 4 nitrogen and oxygen atoms in total. The first-order valence-electron chi connectivity index (χ1n) is 6.24. The van der Waals surface area contributed by atoms with Crippen molar-refractivity contribution in [1.29, 1.82) is 0 Å². The van der Waals surface area contributed by atoms with Gasteiger partial charge in [-0.25, -0.2) is 0 Å². The number of nitrogens with one attached hydrogen (secondary N) is 1. The molecule has 0 aromatic carbocycles. The molecule has 2 fully saturated rings. The molecule has 2 aliphatic rings. The van der Waals surface area contributed by atoms with Crippen LogP contribution in [0.15, 0.2) is 10.9 Å². The fourth-order valence-corrected chi connectivity index (χ4v) is 2.51. The molecular formula is C12H18N2O2. The topological polar surface area (TPSA) is 47.0 Å². The van der Waals surface area contributed by atoms with E-state index in [1.807, 2.05) is 0 Å². The summed E-state index contributed by atoms with van der Waals surface area (Å²) in [5.74, 6) is 0.596. The molecule has 88 valence electrons. The third-order valence-electron chi connectivity index (χ3n) is 3.76. The van der Waals surface area contributed by atoms with Gasteiger partial charge in [-0.1, -0.05) is 6.42 Å². The molecule has 1 aliphatic carbocycles. The highest BCUT2D eigenvalue weighted by molar-refractivity contribution is 5.09. The minimum absolute atomic E-state index is 0.0948. The van der Waals surface area contributed by atoms with Crippen LogP contribution in [0.4, 0.5) is 0 Å². The van der Waals surface area contributed by atoms with Gasteiger partial charge in [0.2, 0.25) is 0 Å². The quantitative estimate of drug-likeness (QED) is 0.844. The Labute approximate surface area is 94.6 Å². The molecule has 1 aliphatic heterocycles. The minimum Gasteiger partial charge on any atom is -0.376 e. The summed E-state index contributed by atoms with van der Waals surface area (Å²) in [7, 11) is 0. The summed E-state index contributed by atoms with van der Waals surface area (Å²) in [5, 5.41) is 3.23. The third kappa shape index (κ3) is 1.82. The van der Waals surface area contributed by atoms with Crippen molar-refractivity contribution in [3.63, 3.8) is 0 Å². The van der Waals surface area contributed by atoms with Crippen molar-refractivity contribution in [3.05, 3.63) is 22.1 Å². The standard InChI is InChI=1S/C12H18N2O2/c15-12-7-11(9-3-1-4-9)13-14(12)8-10-5-2-6-16-10/h7,9-10,13H,1-6,8H2/t10-/m1/s1. The van der Waals surface area contributed by atoms with E-state index in [0.717, 1.165) is 25.1 Å². The molecule has 1 atom stereocenters. The summed E-state index contributed by atoms with van der Waals surface area (Å²) >= 11 is 0. The van der Waals surface area contributed by atoms with Gasteiger partial charge in [0.05, 0.1) is 12.6 Å². The van der Waals surface area contributed by atoms with Crippen LogP contribution in [0.5, 0.6) is 0 Å². The van der Waals surface area contributed by atoms with Crippen molar-refractivity contribution >= 4 is 0 Å². The zero-order valence-electron chi connectivity index (χ0n) is 9.45. The second-order valence-corrected chi connectivity index (χ2v) is 4.92. The Hall–Kier alpha value is -1.03. The Kier molecular flexibility index (Phi) is 2.59. The van der Waals surface area contributed by atoms with E-state index in [-0.39, 0.29) is 11.7 Å². The fourth-order valence-electron chi connectivity index (χ4n) is 2.51. The highest BCUT2D eigenvalue weighted by atomic mass is 16.5. The largest absolute Gasteiger partial charge is 0.376 e. The van der Waals surface area contributed by atoms with Gasteiger partial charge in [-0.3, -0.25) is 14.6 Å². The van der Waals surface area contributed by atoms with Crippen LogP contribution in [-0.2, 0) is 11.3 Å². The highest BCUT2D eigenvalue weighted by Gasteiger charge is 2.23. The molecule has 1 aromatic heterocycles. The molecule has 16 heavy (non-hydrogen) atoms. The summed E-state index contributed by atoms with van der Waals surface area (Å²) in [5.41, 5.74) is 1.21. The number of rotatable bonds is 3. The van der Waals surface area contributed by atoms with Crippen LogP contribution in [0, 0.1) is 0 Å². The monoisotopic (exact) mass is 222 g/mol. The van der Waals surface area contributed by atoms with E-state index in [1.165, 1.54) is 19.3 Å². The van der Waals surface area contributed by atoms with Crippen molar-refractivity contribution in [1.82, 2.24) is 9.78 Å². The third-order valence-corrected chi connectivity index (χ3v) is 3.76. The maximum Gasteiger partial charge on any atom is 0.266 e. The van der Waals surface area contributed by atoms with E-state index in [9.17, 15) is 4.79 Å². The van der Waals surface area contributed by atoms with Gasteiger partial charge in [0.25, 0.3) is 5.56 Å². The Morgan fingerprint density at radius 1 is 1.38 bits per heavy atom. The van der Waals surface area contributed by atoms with Crippen LogP contribution in [0.2, 0.25) is 0 Å². The van der Waals surface area contributed by atoms with Gasteiger partial charge in [0, 0.05) is 24.3 Å². The predicted molar refractivity (Wildman–Crippen MR) is 60.6 cm³/mol. The molecule has 4 heteroatoms. The van der Waals surface area contributed by atoms with Crippen molar-refractivity contribution < 1.29 is 4.74 Å². The zero-order chi connectivity index (χ0) is 11.0. The Balaban J connectivity index is 1.73. The van der Waals surface area contributed by atoms with Crippen LogP contribution < -0.4 is 5.56 Å². The van der Waals surface area contributed by atoms with Crippen LogP contribution in [0.25, 0.3) is 0 Å². The minimum atomic E-state index is 0.0948. The van der Waals surface area contributed by atoms with Crippen molar-refractivity contribution in [2.75, 3.05) is 6.61 Å². The number of aromatic amines is 1. The maximum atomic E-state index is 11.7. The lowest BCUT2D eigenvalue weighted by molar-refractivity contribution is 0.0930. The predicted octanol–water partition coefficient (Wildman–Crippen LogP) is 1.62. The maximum absolute atomic E-state index is 11.7. The number of H-pyrrole nitrogens is 1. The van der Waals surface area contributed by atoms with Gasteiger partial charge in [-0.05, 0) is 25.7 Å². The van der Waals surface area contributed by atoms with Gasteiger partial charge in [-0.15, -0.1) is 0 Å². The molecule has 1 saturated carbocycles. The van der Waals surface area contributed by atoms with Gasteiger partial charge in [-0.2, -0.15) is 0 Å². The summed E-state index contributed by atoms with van der Waals surface area (Å²) in [6.45, 7) is 1.53. The molecule has 3 rings (SSSR count). The van der Waals surface area contributed by atoms with E-state index in [2.05, 4.69) is 5.10 Å². The first-order chi connectivity index (χ1) is 7.83. The van der Waals surface area contributed by atoms with Gasteiger partial charge < -0.3 is 4.74 Å². The van der Waals surface area contributed by atoms with E-state index < -0.39 is 0 Å². The average molecular weight is 222 g/mol. The molecule has 0 unspecified atom stereocenters. The zero-order valence-corrected chi connectivity index (χ0v) is 9.45. The lowest BCUT2D eigenvalue weighted by atomic mass is 9.83. The molecule has 1 saturated heterocycles. The second-order valence-electron chi connectivity index (χ2n) is 4.92. The summed E-state index contributed by atoms with van der Waals surface area (Å²) in [4.78, 5) is 11.7. The van der Waals surface area contributed by atoms with Crippen molar-refractivity contribution in [3.8, 4) is 0 Å². The van der Waals surface area contributed by atoms with Crippen LogP contribution >= 0.6 is 0 Å². The van der Waals surface area contributed by atoms with Gasteiger partial charge in [0.15, 0.2) is 0 Å². The van der Waals surface area contributed by atoms with E-state index in [0.29, 0.717) is 12.5 Å². The number of hydrogen-bond donors (Lipinski definition) is 1. The fraction of sp³-hybridized carbons (Fsp3) is 0.750. The molecule has 0 bridgehead atoms. The Morgan fingerprint density at radius 3 is 2.88 bits per heavy atom. The number of nitrogens with zero attached hydrogens (tertiary/aromatic N) is 1. The molecule has 0 radical (unpaired) electrons. The lowest BCUT2D eigenvalue weighted by Gasteiger charge is -2.23. The Bertz CT molecular complexity index is 411. The molecular weight excluding hydrogens is 204 g/mol. The van der Waals surface area contributed by atoms with Crippen molar-refractivity contribution in [2.45, 2.75) is 50.7 Å². The average Bonchev–Trinajstić information content (AvgIpc) is 2.76. The number of aromatic nitrogens is 2. The molecule has 1 N–H and O–H groups in total. The Morgan fingerprint density at radius 2 is 2.25 bits per heavy atom. The first-order valence-corrected chi connectivity index (χ1v) is 6.24. The van der Waals surface area contributed by atoms with E-state index in [4.69, 9.17) is 4.74 Å². The van der Waals surface area contributed by atoms with Crippen LogP contribution in [0.1, 0.15) is 43.7 Å². The number of ether oxygens (including phenoxy) is 1. The second kappa shape index (κ2) is 4.09. The molecule has 2 heterocycles. The lowest BCUT2D eigenvalue weighted by Crippen LogP contribution is -2.24. The summed E-state index contributed by atoms with van der Waals surface area (Å²) in [6, 6.07) is 1.76. The van der Waals surface area contributed by atoms with Crippen LogP contribution in [0.3, 0.4) is 0 Å². The number of hydrogen-bond acceptors (Lipinski definition) is 2. The van der Waals surface area contributed by atoms with Crippen molar-refractivity contribution in [2.24, 2.45) is 0 Å². The summed E-state index contributed by atoms with van der Waals surface area (Å²) < 4.78 is 7.25. The van der Waals surface area contributed by atoms with Gasteiger partial charge in [0.1, 0.15) is 0 Å². The van der Waals surface area contributed by atoms with Crippen LogP contribution in [-0.4, -0.2) is 22.5 Å². The molecule has 0 spiro atoms. The highest BCUT2D eigenvalue weighted by Crippen LogP contribution is 2.34. The normalized spacial score (nSPS) is 25.9. The molecule has 0 amide bonds.